The molecule has 1 aromatic carbocycles. The van der Waals surface area contributed by atoms with Gasteiger partial charge in [0.1, 0.15) is 0 Å². The summed E-state index contributed by atoms with van der Waals surface area (Å²) in [5.41, 5.74) is 0.0573. The molecule has 1 nitrogen and oxygen atoms in total. The highest BCUT2D eigenvalue weighted by Gasteiger charge is 2.18. The maximum absolute atomic E-state index is 13.2. The number of thioether (sulfide) groups is 1. The van der Waals surface area contributed by atoms with Gasteiger partial charge in [0.25, 0.3) is 0 Å². The van der Waals surface area contributed by atoms with Crippen LogP contribution in [0.4, 0.5) is 8.78 Å². The third-order valence-corrected chi connectivity index (χ3v) is 4.30. The Kier molecular flexibility index (Phi) is 5.81. The molecule has 0 bridgehead atoms. The third-order valence-electron chi connectivity index (χ3n) is 2.76. The minimum absolute atomic E-state index is 0.0573. The number of rotatable bonds is 5. The summed E-state index contributed by atoms with van der Waals surface area (Å²) in [6.07, 6.45) is 0. The molecule has 0 saturated carbocycles. The molecule has 108 valence electrons. The van der Waals surface area contributed by atoms with E-state index in [1.807, 2.05) is 0 Å². The molecule has 1 unspecified atom stereocenters. The van der Waals surface area contributed by atoms with Crippen molar-refractivity contribution in [3.63, 3.8) is 0 Å². The van der Waals surface area contributed by atoms with Crippen molar-refractivity contribution in [1.82, 2.24) is 5.32 Å². The minimum atomic E-state index is -0.793. The van der Waals surface area contributed by atoms with Crippen molar-refractivity contribution in [3.05, 3.63) is 29.8 Å². The Balaban J connectivity index is 2.70. The van der Waals surface area contributed by atoms with E-state index in [0.717, 1.165) is 11.4 Å². The predicted molar refractivity (Wildman–Crippen MR) is 78.6 cm³/mol. The predicted octanol–water partition coefficient (Wildman–Crippen LogP) is 4.47. The van der Waals surface area contributed by atoms with Crippen LogP contribution < -0.4 is 5.32 Å². The Morgan fingerprint density at radius 3 is 2.26 bits per heavy atom. The largest absolute Gasteiger partial charge is 0.311 e. The van der Waals surface area contributed by atoms with Crippen molar-refractivity contribution in [2.45, 2.75) is 50.3 Å². The maximum Gasteiger partial charge on any atom is 0.159 e. The molecule has 1 N–H and O–H groups in total. The number of hydrogen-bond donors (Lipinski definition) is 1. The average molecular weight is 287 g/mol. The molecule has 1 atom stereocenters. The van der Waals surface area contributed by atoms with Crippen molar-refractivity contribution in [2.75, 3.05) is 6.54 Å². The van der Waals surface area contributed by atoms with Crippen LogP contribution in [0.5, 0.6) is 0 Å². The number of benzene rings is 1. The summed E-state index contributed by atoms with van der Waals surface area (Å²) in [7, 11) is 0. The van der Waals surface area contributed by atoms with Crippen LogP contribution in [0.2, 0.25) is 0 Å². The zero-order valence-electron chi connectivity index (χ0n) is 12.3. The Morgan fingerprint density at radius 2 is 1.79 bits per heavy atom. The van der Waals surface area contributed by atoms with Crippen LogP contribution in [0.15, 0.2) is 23.1 Å². The molecule has 1 rings (SSSR count). The van der Waals surface area contributed by atoms with Gasteiger partial charge >= 0.3 is 0 Å². The summed E-state index contributed by atoms with van der Waals surface area (Å²) in [6.45, 7) is 11.5. The normalized spacial score (nSPS) is 13.9. The van der Waals surface area contributed by atoms with Gasteiger partial charge in [-0.25, -0.2) is 8.78 Å². The van der Waals surface area contributed by atoms with Gasteiger partial charge in [-0.1, -0.05) is 13.8 Å². The van der Waals surface area contributed by atoms with Crippen LogP contribution in [0.1, 0.15) is 34.6 Å². The van der Waals surface area contributed by atoms with Crippen LogP contribution >= 0.6 is 11.8 Å². The van der Waals surface area contributed by atoms with Gasteiger partial charge in [0, 0.05) is 22.2 Å². The second-order valence-corrected chi connectivity index (χ2v) is 7.42. The summed E-state index contributed by atoms with van der Waals surface area (Å²) >= 11 is 1.59. The fourth-order valence-corrected chi connectivity index (χ4v) is 2.65. The van der Waals surface area contributed by atoms with Crippen molar-refractivity contribution in [2.24, 2.45) is 5.92 Å². The molecule has 0 aliphatic carbocycles. The Morgan fingerprint density at radius 1 is 1.16 bits per heavy atom. The van der Waals surface area contributed by atoms with Crippen LogP contribution in [-0.4, -0.2) is 17.3 Å². The molecular formula is C15H23F2NS. The monoisotopic (exact) mass is 287 g/mol. The van der Waals surface area contributed by atoms with Gasteiger partial charge < -0.3 is 5.32 Å². The second-order valence-electron chi connectivity index (χ2n) is 6.11. The fraction of sp³-hybridized carbons (Fsp3) is 0.600. The lowest BCUT2D eigenvalue weighted by Crippen LogP contribution is -2.41. The van der Waals surface area contributed by atoms with Gasteiger partial charge in [-0.2, -0.15) is 0 Å². The fourth-order valence-electron chi connectivity index (χ4n) is 1.55. The lowest BCUT2D eigenvalue weighted by Gasteiger charge is -2.27. The van der Waals surface area contributed by atoms with Gasteiger partial charge in [-0.3, -0.25) is 0 Å². The lowest BCUT2D eigenvalue weighted by atomic mass is 10.1. The van der Waals surface area contributed by atoms with Gasteiger partial charge in [0.2, 0.25) is 0 Å². The van der Waals surface area contributed by atoms with Crippen LogP contribution in [-0.2, 0) is 0 Å². The molecular weight excluding hydrogens is 264 g/mol. The van der Waals surface area contributed by atoms with E-state index in [1.54, 1.807) is 17.8 Å². The van der Waals surface area contributed by atoms with Crippen molar-refractivity contribution < 1.29 is 8.78 Å². The lowest BCUT2D eigenvalue weighted by molar-refractivity contribution is 0.408. The van der Waals surface area contributed by atoms with E-state index in [0.29, 0.717) is 11.2 Å². The van der Waals surface area contributed by atoms with E-state index in [1.165, 1.54) is 12.1 Å². The highest BCUT2D eigenvalue weighted by Crippen LogP contribution is 2.29. The highest BCUT2D eigenvalue weighted by atomic mass is 32.2. The summed E-state index contributed by atoms with van der Waals surface area (Å²) in [5, 5.41) is 3.78. The van der Waals surface area contributed by atoms with E-state index in [4.69, 9.17) is 0 Å². The third kappa shape index (κ3) is 5.91. The highest BCUT2D eigenvalue weighted by molar-refractivity contribution is 8.00. The van der Waals surface area contributed by atoms with Crippen molar-refractivity contribution in [3.8, 4) is 0 Å². The van der Waals surface area contributed by atoms with Crippen molar-refractivity contribution in [1.29, 1.82) is 0 Å². The molecule has 0 heterocycles. The Labute approximate surface area is 119 Å². The molecule has 4 heteroatoms. The van der Waals surface area contributed by atoms with Gasteiger partial charge in [-0.15, -0.1) is 11.8 Å². The van der Waals surface area contributed by atoms with E-state index < -0.39 is 11.6 Å². The standard InChI is InChI=1S/C15H23F2NS/c1-10(2)14(9-18-15(3,4)5)19-11-6-7-12(16)13(17)8-11/h6-8,10,14,18H,9H2,1-5H3. The minimum Gasteiger partial charge on any atom is -0.311 e. The van der Waals surface area contributed by atoms with Gasteiger partial charge in [0.05, 0.1) is 0 Å². The number of nitrogens with one attached hydrogen (secondary N) is 1. The average Bonchev–Trinajstić information content (AvgIpc) is 2.27. The molecule has 19 heavy (non-hydrogen) atoms. The number of hydrogen-bond acceptors (Lipinski definition) is 2. The first kappa shape index (κ1) is 16.4. The molecule has 0 aliphatic rings. The quantitative estimate of drug-likeness (QED) is 0.802. The molecule has 0 aromatic heterocycles. The van der Waals surface area contributed by atoms with E-state index in [-0.39, 0.29) is 5.54 Å². The van der Waals surface area contributed by atoms with Crippen LogP contribution in [0.25, 0.3) is 0 Å². The zero-order valence-corrected chi connectivity index (χ0v) is 13.1. The topological polar surface area (TPSA) is 12.0 Å². The molecule has 0 spiro atoms. The van der Waals surface area contributed by atoms with Gasteiger partial charge in [-0.05, 0) is 44.9 Å². The SMILES string of the molecule is CC(C)C(CNC(C)(C)C)Sc1ccc(F)c(F)c1. The first-order chi connectivity index (χ1) is 8.69. The molecule has 0 amide bonds. The van der Waals surface area contributed by atoms with Crippen LogP contribution in [0.3, 0.4) is 0 Å². The molecule has 0 aliphatic heterocycles. The van der Waals surface area contributed by atoms with Gasteiger partial charge in [0.15, 0.2) is 11.6 Å². The maximum atomic E-state index is 13.2. The zero-order chi connectivity index (χ0) is 14.6. The Hall–Kier alpha value is -0.610. The van der Waals surface area contributed by atoms with E-state index in [2.05, 4.69) is 39.9 Å². The first-order valence-electron chi connectivity index (χ1n) is 6.56. The van der Waals surface area contributed by atoms with E-state index in [9.17, 15) is 8.78 Å². The number of halogens is 2. The van der Waals surface area contributed by atoms with Crippen LogP contribution in [0, 0.1) is 17.6 Å². The second kappa shape index (κ2) is 6.71. The summed E-state index contributed by atoms with van der Waals surface area (Å²) in [6, 6.07) is 4.09. The van der Waals surface area contributed by atoms with E-state index >= 15 is 0 Å². The summed E-state index contributed by atoms with van der Waals surface area (Å²) < 4.78 is 26.1. The Bertz CT molecular complexity index is 413. The molecule has 0 radical (unpaired) electrons. The molecule has 0 saturated heterocycles. The molecule has 1 aromatic rings. The summed E-state index contributed by atoms with van der Waals surface area (Å²) in [5.74, 6) is -1.12. The molecule has 0 fully saturated rings. The van der Waals surface area contributed by atoms with Crippen molar-refractivity contribution >= 4 is 11.8 Å². The first-order valence-corrected chi connectivity index (χ1v) is 7.44. The smallest absolute Gasteiger partial charge is 0.159 e. The summed E-state index contributed by atoms with van der Waals surface area (Å²) in [4.78, 5) is 0.772.